The third kappa shape index (κ3) is 7.73. The molecule has 2 heterocycles. The molecular weight excluding hydrogens is 664 g/mol. The van der Waals surface area contributed by atoms with E-state index in [0.29, 0.717) is 5.69 Å². The first kappa shape index (κ1) is 34.3. The second-order valence-corrected chi connectivity index (χ2v) is 11.9. The number of hydrogen-bond donors (Lipinski definition) is 1. The topological polar surface area (TPSA) is 105 Å². The van der Waals surface area contributed by atoms with Gasteiger partial charge in [0, 0.05) is 25.3 Å². The van der Waals surface area contributed by atoms with Crippen LogP contribution in [0.4, 0.5) is 48.2 Å². The van der Waals surface area contributed by atoms with Crippen molar-refractivity contribution in [1.29, 1.82) is 0 Å². The summed E-state index contributed by atoms with van der Waals surface area (Å²) in [6.45, 7) is 3.89. The zero-order chi connectivity index (χ0) is 35.0. The van der Waals surface area contributed by atoms with Crippen molar-refractivity contribution in [3.63, 3.8) is 0 Å². The zero-order valence-electron chi connectivity index (χ0n) is 25.7. The predicted molar refractivity (Wildman–Crippen MR) is 170 cm³/mol. The van der Waals surface area contributed by atoms with E-state index in [1.54, 1.807) is 6.07 Å². The number of nitrogens with one attached hydrogen (secondary N) is 1. The highest BCUT2D eigenvalue weighted by Crippen LogP contribution is 2.38. The molecule has 0 radical (unpaired) electrons. The summed E-state index contributed by atoms with van der Waals surface area (Å²) in [6, 6.07) is 12.1. The number of thioether (sulfide) groups is 1. The Bertz CT molecular complexity index is 1870. The number of benzene rings is 3. The number of urea groups is 1. The highest BCUT2D eigenvalue weighted by atomic mass is 32.2. The van der Waals surface area contributed by atoms with Crippen molar-refractivity contribution in [1.82, 2.24) is 14.8 Å². The number of amidine groups is 1. The first-order chi connectivity index (χ1) is 22.5. The summed E-state index contributed by atoms with van der Waals surface area (Å²) in [5.41, 5.74) is 0.579. The Balaban J connectivity index is 1.40. The number of halogens is 6. The lowest BCUT2D eigenvalue weighted by Crippen LogP contribution is -2.31. The molecule has 4 aromatic rings. The fourth-order valence-corrected chi connectivity index (χ4v) is 5.61. The number of amides is 3. The van der Waals surface area contributed by atoms with Crippen LogP contribution in [0.25, 0.3) is 17.1 Å². The normalized spacial score (nSPS) is 14.6. The Morgan fingerprint density at radius 3 is 2.35 bits per heavy atom. The number of carbonyl (C=O) groups is 2. The van der Waals surface area contributed by atoms with E-state index in [1.807, 2.05) is 45.0 Å². The average molecular weight is 692 g/mol. The van der Waals surface area contributed by atoms with Gasteiger partial charge >= 0.3 is 18.6 Å². The van der Waals surface area contributed by atoms with Gasteiger partial charge in [-0.15, -0.1) is 18.3 Å². The largest absolute Gasteiger partial charge is 0.573 e. The number of rotatable bonds is 7. The molecule has 0 bridgehead atoms. The Labute approximate surface area is 274 Å². The van der Waals surface area contributed by atoms with Gasteiger partial charge in [-0.25, -0.2) is 14.5 Å². The maximum Gasteiger partial charge on any atom is 0.573 e. The molecule has 0 atom stereocenters. The van der Waals surface area contributed by atoms with Crippen LogP contribution in [0.15, 0.2) is 72.0 Å². The van der Waals surface area contributed by atoms with Gasteiger partial charge < -0.3 is 15.0 Å². The molecule has 252 valence electrons. The number of anilines is 3. The Morgan fingerprint density at radius 2 is 1.73 bits per heavy atom. The van der Waals surface area contributed by atoms with Crippen LogP contribution in [-0.4, -0.2) is 58.1 Å². The van der Waals surface area contributed by atoms with Crippen LogP contribution in [0.1, 0.15) is 30.9 Å². The Morgan fingerprint density at radius 1 is 1.02 bits per heavy atom. The van der Waals surface area contributed by atoms with E-state index in [4.69, 9.17) is 0 Å². The van der Waals surface area contributed by atoms with Crippen LogP contribution in [0.3, 0.4) is 0 Å². The summed E-state index contributed by atoms with van der Waals surface area (Å²) in [7, 11) is 3.67. The van der Waals surface area contributed by atoms with Crippen molar-refractivity contribution in [3.8, 4) is 22.8 Å². The van der Waals surface area contributed by atoms with E-state index in [9.17, 15) is 35.9 Å². The summed E-state index contributed by atoms with van der Waals surface area (Å²) in [6.07, 6.45) is -8.60. The van der Waals surface area contributed by atoms with E-state index in [0.717, 1.165) is 52.0 Å². The molecule has 0 saturated carbocycles. The SMILES string of the molecule is CC(C)c1ccc(N(C)C)cc1N1C(=O)CS/C1=N\C(=O)Nc1ccc(-c2ncn(-c3ccc(OC(F)(F)F)cc3)n2)cc1C(F)(F)F. The highest BCUT2D eigenvalue weighted by Gasteiger charge is 2.36. The van der Waals surface area contributed by atoms with Gasteiger partial charge in [0.1, 0.15) is 12.1 Å². The van der Waals surface area contributed by atoms with Gasteiger partial charge in [0.2, 0.25) is 5.91 Å². The number of alkyl halides is 6. The maximum atomic E-state index is 14.2. The highest BCUT2D eigenvalue weighted by molar-refractivity contribution is 8.15. The van der Waals surface area contributed by atoms with Gasteiger partial charge in [-0.3, -0.25) is 9.69 Å². The van der Waals surface area contributed by atoms with Gasteiger partial charge in [-0.05, 0) is 66.1 Å². The van der Waals surface area contributed by atoms with E-state index < -0.39 is 35.6 Å². The van der Waals surface area contributed by atoms with Crippen molar-refractivity contribution in [2.45, 2.75) is 32.3 Å². The lowest BCUT2D eigenvalue weighted by molar-refractivity contribution is -0.274. The van der Waals surface area contributed by atoms with Crippen LogP contribution in [-0.2, 0) is 11.0 Å². The van der Waals surface area contributed by atoms with Crippen LogP contribution in [0.2, 0.25) is 0 Å². The fourth-order valence-electron chi connectivity index (χ4n) is 4.75. The third-order valence-electron chi connectivity index (χ3n) is 7.01. The van der Waals surface area contributed by atoms with Crippen molar-refractivity contribution in [2.75, 3.05) is 35.0 Å². The molecule has 48 heavy (non-hydrogen) atoms. The minimum Gasteiger partial charge on any atom is -0.406 e. The second-order valence-electron chi connectivity index (χ2n) is 10.9. The quantitative estimate of drug-likeness (QED) is 0.198. The molecule has 10 nitrogen and oxygen atoms in total. The number of aromatic nitrogens is 3. The standard InChI is InChI=1S/C31H27F6N7O3S/c1-17(2)22-11-8-20(42(3)4)14-25(22)44-26(45)15-48-29(44)40-28(46)39-24-12-5-18(13-23(24)30(32,33)34)27-38-16-43(41-27)19-6-9-21(10-7-19)47-31(35,36)37/h5-14,16-17H,15H2,1-4H3,(H,39,46)/b40-29-. The molecule has 3 aromatic carbocycles. The summed E-state index contributed by atoms with van der Waals surface area (Å²) >= 11 is 0.994. The van der Waals surface area contributed by atoms with Gasteiger partial charge in [0.05, 0.1) is 28.4 Å². The molecule has 1 N–H and O–H groups in total. The number of ether oxygens (including phenoxy) is 1. The number of hydrogen-bond acceptors (Lipinski definition) is 7. The van der Waals surface area contributed by atoms with Crippen LogP contribution >= 0.6 is 11.8 Å². The van der Waals surface area contributed by atoms with E-state index in [2.05, 4.69) is 25.1 Å². The predicted octanol–water partition coefficient (Wildman–Crippen LogP) is 7.71. The van der Waals surface area contributed by atoms with Crippen LogP contribution < -0.4 is 19.9 Å². The van der Waals surface area contributed by atoms with Crippen LogP contribution in [0, 0.1) is 0 Å². The number of aliphatic imine (C=N–C) groups is 1. The van der Waals surface area contributed by atoms with Gasteiger partial charge in [0.15, 0.2) is 11.0 Å². The summed E-state index contributed by atoms with van der Waals surface area (Å²) in [5.74, 6) is -0.914. The molecule has 1 saturated heterocycles. The first-order valence-electron chi connectivity index (χ1n) is 14.2. The van der Waals surface area contributed by atoms with E-state index >= 15 is 0 Å². The fraction of sp³-hybridized carbons (Fsp3) is 0.258. The molecule has 1 aliphatic rings. The number of carbonyl (C=O) groups excluding carboxylic acids is 2. The minimum atomic E-state index is -4.91. The van der Waals surface area contributed by atoms with Crippen molar-refractivity contribution < 1.29 is 40.7 Å². The smallest absolute Gasteiger partial charge is 0.406 e. The zero-order valence-corrected chi connectivity index (χ0v) is 26.5. The van der Waals surface area contributed by atoms with E-state index in [-0.39, 0.29) is 39.8 Å². The molecule has 17 heteroatoms. The second kappa shape index (κ2) is 13.2. The number of nitrogens with zero attached hydrogens (tertiary/aromatic N) is 6. The summed E-state index contributed by atoms with van der Waals surface area (Å²) < 4.78 is 84.9. The lowest BCUT2D eigenvalue weighted by atomic mass is 9.99. The van der Waals surface area contributed by atoms with Crippen molar-refractivity contribution >= 4 is 45.9 Å². The first-order valence-corrected chi connectivity index (χ1v) is 15.1. The van der Waals surface area contributed by atoms with Gasteiger partial charge in [-0.2, -0.15) is 18.2 Å². The van der Waals surface area contributed by atoms with Gasteiger partial charge in [-0.1, -0.05) is 31.7 Å². The molecule has 0 aliphatic carbocycles. The molecule has 3 amide bonds. The average Bonchev–Trinajstić information content (AvgIpc) is 3.63. The van der Waals surface area contributed by atoms with Gasteiger partial charge in [0.25, 0.3) is 0 Å². The minimum absolute atomic E-state index is 0.0105. The monoisotopic (exact) mass is 691 g/mol. The third-order valence-corrected chi connectivity index (χ3v) is 7.93. The summed E-state index contributed by atoms with van der Waals surface area (Å²) in [5, 5.41) is 6.35. The molecule has 0 spiro atoms. The van der Waals surface area contributed by atoms with E-state index in [1.165, 1.54) is 29.4 Å². The Hall–Kier alpha value is -5.06. The molecule has 1 aromatic heterocycles. The summed E-state index contributed by atoms with van der Waals surface area (Å²) in [4.78, 5) is 37.1. The molecule has 0 unspecified atom stereocenters. The maximum absolute atomic E-state index is 14.2. The molecule has 1 aliphatic heterocycles. The lowest BCUT2D eigenvalue weighted by Gasteiger charge is -2.24. The van der Waals surface area contributed by atoms with Crippen LogP contribution in [0.5, 0.6) is 5.75 Å². The van der Waals surface area contributed by atoms with Crippen molar-refractivity contribution in [3.05, 3.63) is 78.1 Å². The molecule has 5 rings (SSSR count). The van der Waals surface area contributed by atoms with Crippen molar-refractivity contribution in [2.24, 2.45) is 4.99 Å². The Kier molecular flexibility index (Phi) is 9.44. The molecular formula is C31H27F6N7O3S. The molecule has 1 fully saturated rings.